The summed E-state index contributed by atoms with van der Waals surface area (Å²) in [5.41, 5.74) is 7.49. The number of nitrogen functional groups attached to an aromatic ring is 1. The second-order valence-electron chi connectivity index (χ2n) is 2.97. The first-order valence-corrected chi connectivity index (χ1v) is 4.64. The summed E-state index contributed by atoms with van der Waals surface area (Å²) in [5.74, 6) is 0.686. The number of rotatable bonds is 4. The molecule has 74 valence electrons. The number of hydrogen-bond acceptors (Lipinski definition) is 3. The first-order chi connectivity index (χ1) is 6.20. The molecule has 4 nitrogen and oxygen atoms in total. The van der Waals surface area contributed by atoms with Gasteiger partial charge in [0.25, 0.3) is 0 Å². The van der Waals surface area contributed by atoms with E-state index in [-0.39, 0.29) is 0 Å². The zero-order chi connectivity index (χ0) is 9.84. The van der Waals surface area contributed by atoms with Gasteiger partial charge in [0.2, 0.25) is 5.88 Å². The molecule has 0 aromatic carbocycles. The molecule has 13 heavy (non-hydrogen) atoms. The molecule has 1 aromatic heterocycles. The van der Waals surface area contributed by atoms with Crippen molar-refractivity contribution in [3.8, 4) is 5.88 Å². The van der Waals surface area contributed by atoms with Gasteiger partial charge in [-0.15, -0.1) is 0 Å². The number of ether oxygens (including phenoxy) is 1. The molecule has 0 saturated carbocycles. The molecule has 0 aliphatic carbocycles. The Morgan fingerprint density at radius 2 is 2.15 bits per heavy atom. The Bertz CT molecular complexity index is 281. The van der Waals surface area contributed by atoms with Gasteiger partial charge >= 0.3 is 0 Å². The van der Waals surface area contributed by atoms with Gasteiger partial charge in [-0.1, -0.05) is 13.3 Å². The summed E-state index contributed by atoms with van der Waals surface area (Å²) in [6.07, 6.45) is 1.96. The number of aryl methyl sites for hydroxylation is 2. The van der Waals surface area contributed by atoms with Crippen LogP contribution in [-0.2, 0) is 13.5 Å². The fourth-order valence-corrected chi connectivity index (χ4v) is 1.31. The highest BCUT2D eigenvalue weighted by Crippen LogP contribution is 2.25. The van der Waals surface area contributed by atoms with Gasteiger partial charge in [0, 0.05) is 7.05 Å². The zero-order valence-electron chi connectivity index (χ0n) is 8.50. The van der Waals surface area contributed by atoms with Gasteiger partial charge in [-0.2, -0.15) is 5.10 Å². The molecule has 1 heterocycles. The van der Waals surface area contributed by atoms with Crippen LogP contribution in [-0.4, -0.2) is 16.4 Å². The topological polar surface area (TPSA) is 53.1 Å². The van der Waals surface area contributed by atoms with E-state index in [2.05, 4.69) is 12.0 Å². The van der Waals surface area contributed by atoms with Crippen LogP contribution in [0.25, 0.3) is 0 Å². The van der Waals surface area contributed by atoms with Crippen LogP contribution >= 0.6 is 0 Å². The van der Waals surface area contributed by atoms with E-state index in [0.29, 0.717) is 18.2 Å². The standard InChI is InChI=1S/C9H17N3O/c1-4-6-7-8(10)9(13-5-2)12(3)11-7/h4-6,10H2,1-3H3. The third-order valence-corrected chi connectivity index (χ3v) is 1.87. The SMILES string of the molecule is CCCc1nn(C)c(OCC)c1N. The Morgan fingerprint density at radius 3 is 2.69 bits per heavy atom. The molecule has 4 heteroatoms. The molecule has 0 aliphatic rings. The van der Waals surface area contributed by atoms with Gasteiger partial charge in [-0.3, -0.25) is 0 Å². The predicted octanol–water partition coefficient (Wildman–Crippen LogP) is 1.35. The van der Waals surface area contributed by atoms with E-state index in [9.17, 15) is 0 Å². The molecule has 1 aromatic rings. The van der Waals surface area contributed by atoms with Gasteiger partial charge in [-0.25, -0.2) is 4.68 Å². The van der Waals surface area contributed by atoms with Crippen molar-refractivity contribution >= 4 is 5.69 Å². The highest BCUT2D eigenvalue weighted by molar-refractivity contribution is 5.53. The minimum absolute atomic E-state index is 0.620. The molecule has 0 aliphatic heterocycles. The number of nitrogens with two attached hydrogens (primary N) is 1. The molecule has 0 saturated heterocycles. The predicted molar refractivity (Wildman–Crippen MR) is 52.8 cm³/mol. The average molecular weight is 183 g/mol. The second kappa shape index (κ2) is 4.16. The Hall–Kier alpha value is -1.19. The van der Waals surface area contributed by atoms with E-state index in [4.69, 9.17) is 10.5 Å². The highest BCUT2D eigenvalue weighted by Gasteiger charge is 2.12. The number of anilines is 1. The van der Waals surface area contributed by atoms with Crippen molar-refractivity contribution in [1.82, 2.24) is 9.78 Å². The lowest BCUT2D eigenvalue weighted by molar-refractivity contribution is 0.311. The maximum atomic E-state index is 5.87. The fourth-order valence-electron chi connectivity index (χ4n) is 1.31. The average Bonchev–Trinajstić information content (AvgIpc) is 2.34. The molecule has 0 spiro atoms. The maximum absolute atomic E-state index is 5.87. The fraction of sp³-hybridized carbons (Fsp3) is 0.667. The highest BCUT2D eigenvalue weighted by atomic mass is 16.5. The molecule has 0 unspecified atom stereocenters. The Kier molecular flexibility index (Phi) is 3.17. The third-order valence-electron chi connectivity index (χ3n) is 1.87. The van der Waals surface area contributed by atoms with Crippen molar-refractivity contribution in [3.05, 3.63) is 5.69 Å². The van der Waals surface area contributed by atoms with Crippen LogP contribution in [0, 0.1) is 0 Å². The van der Waals surface area contributed by atoms with Crippen molar-refractivity contribution in [2.24, 2.45) is 7.05 Å². The van der Waals surface area contributed by atoms with Gasteiger partial charge in [0.1, 0.15) is 5.69 Å². The van der Waals surface area contributed by atoms with Crippen LogP contribution in [0.5, 0.6) is 5.88 Å². The minimum Gasteiger partial charge on any atom is -0.477 e. The summed E-state index contributed by atoms with van der Waals surface area (Å²) in [5, 5.41) is 4.29. The van der Waals surface area contributed by atoms with Crippen LogP contribution in [0.2, 0.25) is 0 Å². The molecule has 1 rings (SSSR count). The molecule has 0 radical (unpaired) electrons. The van der Waals surface area contributed by atoms with E-state index in [1.54, 1.807) is 4.68 Å². The monoisotopic (exact) mass is 183 g/mol. The minimum atomic E-state index is 0.620. The Balaban J connectivity index is 2.92. The molecule has 0 fully saturated rings. The van der Waals surface area contributed by atoms with Crippen LogP contribution in [0.15, 0.2) is 0 Å². The lowest BCUT2D eigenvalue weighted by Gasteiger charge is -2.02. The molecule has 0 atom stereocenters. The van der Waals surface area contributed by atoms with Gasteiger partial charge in [0.15, 0.2) is 0 Å². The summed E-state index contributed by atoms with van der Waals surface area (Å²) >= 11 is 0. The van der Waals surface area contributed by atoms with Gasteiger partial charge < -0.3 is 10.5 Å². The summed E-state index contributed by atoms with van der Waals surface area (Å²) < 4.78 is 7.07. The van der Waals surface area contributed by atoms with Crippen molar-refractivity contribution in [2.45, 2.75) is 26.7 Å². The number of aromatic nitrogens is 2. The van der Waals surface area contributed by atoms with E-state index >= 15 is 0 Å². The quantitative estimate of drug-likeness (QED) is 0.766. The van der Waals surface area contributed by atoms with Crippen molar-refractivity contribution in [1.29, 1.82) is 0 Å². The van der Waals surface area contributed by atoms with Gasteiger partial charge in [-0.05, 0) is 13.3 Å². The van der Waals surface area contributed by atoms with Crippen LogP contribution in [0.3, 0.4) is 0 Å². The van der Waals surface area contributed by atoms with Crippen LogP contribution in [0.1, 0.15) is 26.0 Å². The first-order valence-electron chi connectivity index (χ1n) is 4.64. The number of nitrogens with zero attached hydrogens (tertiary/aromatic N) is 2. The van der Waals surface area contributed by atoms with E-state index in [0.717, 1.165) is 18.5 Å². The summed E-state index contributed by atoms with van der Waals surface area (Å²) in [7, 11) is 1.85. The lowest BCUT2D eigenvalue weighted by atomic mass is 10.2. The van der Waals surface area contributed by atoms with Crippen LogP contribution < -0.4 is 10.5 Å². The first kappa shape index (κ1) is 9.89. The summed E-state index contributed by atoms with van der Waals surface area (Å²) in [4.78, 5) is 0. The normalized spacial score (nSPS) is 10.4. The van der Waals surface area contributed by atoms with E-state index in [1.165, 1.54) is 0 Å². The Labute approximate surface area is 78.7 Å². The Morgan fingerprint density at radius 1 is 1.46 bits per heavy atom. The number of hydrogen-bond donors (Lipinski definition) is 1. The summed E-state index contributed by atoms with van der Waals surface area (Å²) in [6.45, 7) is 4.66. The van der Waals surface area contributed by atoms with Crippen molar-refractivity contribution < 1.29 is 4.74 Å². The van der Waals surface area contributed by atoms with Crippen molar-refractivity contribution in [2.75, 3.05) is 12.3 Å². The maximum Gasteiger partial charge on any atom is 0.235 e. The second-order valence-corrected chi connectivity index (χ2v) is 2.97. The molecular weight excluding hydrogens is 166 g/mol. The molecule has 2 N–H and O–H groups in total. The molecule has 0 amide bonds. The lowest BCUT2D eigenvalue weighted by Crippen LogP contribution is -2.00. The zero-order valence-corrected chi connectivity index (χ0v) is 8.50. The summed E-state index contributed by atoms with van der Waals surface area (Å²) in [6, 6.07) is 0. The third kappa shape index (κ3) is 1.94. The van der Waals surface area contributed by atoms with E-state index < -0.39 is 0 Å². The molecule has 0 bridgehead atoms. The van der Waals surface area contributed by atoms with Gasteiger partial charge in [0.05, 0.1) is 12.3 Å². The molecular formula is C9H17N3O. The smallest absolute Gasteiger partial charge is 0.235 e. The van der Waals surface area contributed by atoms with Crippen molar-refractivity contribution in [3.63, 3.8) is 0 Å². The van der Waals surface area contributed by atoms with E-state index in [1.807, 2.05) is 14.0 Å². The largest absolute Gasteiger partial charge is 0.477 e. The van der Waals surface area contributed by atoms with Crippen LogP contribution in [0.4, 0.5) is 5.69 Å².